The first kappa shape index (κ1) is 14.2. The summed E-state index contributed by atoms with van der Waals surface area (Å²) in [6.45, 7) is 5.85. The summed E-state index contributed by atoms with van der Waals surface area (Å²) in [6.07, 6.45) is 1.36. The lowest BCUT2D eigenvalue weighted by molar-refractivity contribution is -0.0954. The van der Waals surface area contributed by atoms with Crippen molar-refractivity contribution in [1.29, 1.82) is 0 Å². The molecule has 1 atom stereocenters. The molecule has 0 aromatic carbocycles. The molecule has 0 fully saturated rings. The number of hydrogen-bond donors (Lipinski definition) is 0. The number of methoxy groups -OCH3 is 1. The van der Waals surface area contributed by atoms with Crippen LogP contribution in [0.1, 0.15) is 20.3 Å². The zero-order valence-corrected chi connectivity index (χ0v) is 10.3. The van der Waals surface area contributed by atoms with Crippen LogP contribution >= 0.6 is 11.8 Å². The molecule has 0 spiro atoms. The van der Waals surface area contributed by atoms with E-state index in [1.165, 1.54) is 12.2 Å². The second-order valence-corrected chi connectivity index (χ2v) is 4.08. The van der Waals surface area contributed by atoms with Gasteiger partial charge < -0.3 is 14.2 Å². The van der Waals surface area contributed by atoms with Crippen LogP contribution in [0.3, 0.4) is 0 Å². The smallest absolute Gasteiger partial charge is 0.147 e. The molecule has 0 saturated carbocycles. The summed E-state index contributed by atoms with van der Waals surface area (Å²) in [5.41, 5.74) is 0. The molecule has 86 valence electrons. The van der Waals surface area contributed by atoms with Crippen molar-refractivity contribution in [2.75, 3.05) is 38.6 Å². The average molecular weight is 222 g/mol. The lowest BCUT2D eigenvalue weighted by Gasteiger charge is -2.16. The number of hydrogen-bond acceptors (Lipinski definition) is 4. The molecule has 0 bridgehead atoms. The Hall–Kier alpha value is 0.230. The van der Waals surface area contributed by atoms with Gasteiger partial charge in [0.25, 0.3) is 0 Å². The molecule has 0 aromatic heterocycles. The van der Waals surface area contributed by atoms with Gasteiger partial charge in [-0.05, 0) is 19.1 Å². The van der Waals surface area contributed by atoms with Crippen molar-refractivity contribution in [2.24, 2.45) is 0 Å². The molecule has 0 aliphatic rings. The van der Waals surface area contributed by atoms with Crippen LogP contribution in [0.15, 0.2) is 0 Å². The van der Waals surface area contributed by atoms with E-state index in [4.69, 9.17) is 14.2 Å². The predicted octanol–water partition coefficient (Wildman–Crippen LogP) is 2.16. The Labute approximate surface area is 91.5 Å². The molecule has 1 unspecified atom stereocenters. The van der Waals surface area contributed by atoms with Gasteiger partial charge in [-0.15, -0.1) is 0 Å². The molecule has 0 N–H and O–H groups in total. The van der Waals surface area contributed by atoms with Crippen LogP contribution in [0.2, 0.25) is 0 Å². The van der Waals surface area contributed by atoms with E-state index >= 15 is 0 Å². The highest BCUT2D eigenvalue weighted by Gasteiger charge is 2.08. The fourth-order valence-electron chi connectivity index (χ4n) is 0.917. The standard InChI is InChI=1S/C10H22O3S/c1-4-6-14-8-10(7-11-3)13-9-12-5-2/h10H,4-9H2,1-3H3. The van der Waals surface area contributed by atoms with Crippen LogP contribution in [-0.4, -0.2) is 44.7 Å². The van der Waals surface area contributed by atoms with Crippen molar-refractivity contribution in [2.45, 2.75) is 26.4 Å². The van der Waals surface area contributed by atoms with Crippen molar-refractivity contribution in [3.63, 3.8) is 0 Å². The second-order valence-electron chi connectivity index (χ2n) is 2.93. The first-order valence-corrected chi connectivity index (χ1v) is 6.26. The fraction of sp³-hybridized carbons (Fsp3) is 1.00. The Morgan fingerprint density at radius 3 is 2.64 bits per heavy atom. The Balaban J connectivity index is 3.44. The van der Waals surface area contributed by atoms with Gasteiger partial charge in [0.1, 0.15) is 6.79 Å². The third kappa shape index (κ3) is 8.81. The summed E-state index contributed by atoms with van der Waals surface area (Å²) >= 11 is 1.90. The van der Waals surface area contributed by atoms with Gasteiger partial charge in [-0.25, -0.2) is 0 Å². The third-order valence-electron chi connectivity index (χ3n) is 1.60. The minimum Gasteiger partial charge on any atom is -0.382 e. The summed E-state index contributed by atoms with van der Waals surface area (Å²) in [7, 11) is 1.70. The molecule has 0 saturated heterocycles. The maximum absolute atomic E-state index is 5.50. The van der Waals surface area contributed by atoms with Crippen LogP contribution in [0.5, 0.6) is 0 Å². The van der Waals surface area contributed by atoms with E-state index in [1.54, 1.807) is 7.11 Å². The minimum atomic E-state index is 0.156. The average Bonchev–Trinajstić information content (AvgIpc) is 2.18. The highest BCUT2D eigenvalue weighted by Crippen LogP contribution is 2.07. The lowest BCUT2D eigenvalue weighted by Crippen LogP contribution is -2.23. The first-order chi connectivity index (χ1) is 6.85. The van der Waals surface area contributed by atoms with E-state index in [0.717, 1.165) is 5.75 Å². The van der Waals surface area contributed by atoms with E-state index in [1.807, 2.05) is 18.7 Å². The second kappa shape index (κ2) is 11.3. The summed E-state index contributed by atoms with van der Waals surface area (Å²) in [5.74, 6) is 2.16. The minimum absolute atomic E-state index is 0.156. The molecule has 0 rings (SSSR count). The van der Waals surface area contributed by atoms with Crippen molar-refractivity contribution in [3.05, 3.63) is 0 Å². The Morgan fingerprint density at radius 2 is 2.07 bits per heavy atom. The Morgan fingerprint density at radius 1 is 1.29 bits per heavy atom. The Kier molecular flexibility index (Phi) is 11.5. The van der Waals surface area contributed by atoms with Crippen molar-refractivity contribution < 1.29 is 14.2 Å². The van der Waals surface area contributed by atoms with Gasteiger partial charge in [-0.1, -0.05) is 6.92 Å². The predicted molar refractivity (Wildman–Crippen MR) is 60.9 cm³/mol. The van der Waals surface area contributed by atoms with Crippen LogP contribution in [0, 0.1) is 0 Å². The quantitative estimate of drug-likeness (QED) is 0.418. The van der Waals surface area contributed by atoms with Gasteiger partial charge in [0.05, 0.1) is 12.7 Å². The van der Waals surface area contributed by atoms with Gasteiger partial charge in [0.15, 0.2) is 0 Å². The maximum Gasteiger partial charge on any atom is 0.147 e. The van der Waals surface area contributed by atoms with Crippen molar-refractivity contribution in [1.82, 2.24) is 0 Å². The lowest BCUT2D eigenvalue weighted by atomic mass is 10.4. The van der Waals surface area contributed by atoms with E-state index in [-0.39, 0.29) is 6.10 Å². The van der Waals surface area contributed by atoms with Crippen LogP contribution in [0.25, 0.3) is 0 Å². The molecule has 0 heterocycles. The normalized spacial score (nSPS) is 13.1. The number of thioether (sulfide) groups is 1. The third-order valence-corrected chi connectivity index (χ3v) is 2.90. The van der Waals surface area contributed by atoms with Crippen molar-refractivity contribution >= 4 is 11.8 Å². The highest BCUT2D eigenvalue weighted by atomic mass is 32.2. The maximum atomic E-state index is 5.50. The molecule has 0 aliphatic heterocycles. The molecule has 0 radical (unpaired) electrons. The highest BCUT2D eigenvalue weighted by molar-refractivity contribution is 7.99. The van der Waals surface area contributed by atoms with Crippen molar-refractivity contribution in [3.8, 4) is 0 Å². The molecular weight excluding hydrogens is 200 g/mol. The summed E-state index contributed by atoms with van der Waals surface area (Å²) in [4.78, 5) is 0. The molecule has 14 heavy (non-hydrogen) atoms. The molecule has 0 amide bonds. The topological polar surface area (TPSA) is 27.7 Å². The summed E-state index contributed by atoms with van der Waals surface area (Å²) in [5, 5.41) is 0. The molecule has 0 aromatic rings. The van der Waals surface area contributed by atoms with Crippen LogP contribution in [-0.2, 0) is 14.2 Å². The Bertz CT molecular complexity index is 102. The van der Waals surface area contributed by atoms with Crippen LogP contribution in [0.4, 0.5) is 0 Å². The largest absolute Gasteiger partial charge is 0.382 e. The van der Waals surface area contributed by atoms with Gasteiger partial charge >= 0.3 is 0 Å². The number of rotatable bonds is 10. The fourth-order valence-corrected chi connectivity index (χ4v) is 1.83. The van der Waals surface area contributed by atoms with E-state index < -0.39 is 0 Å². The molecule has 3 nitrogen and oxygen atoms in total. The van der Waals surface area contributed by atoms with E-state index in [0.29, 0.717) is 20.0 Å². The zero-order valence-electron chi connectivity index (χ0n) is 9.45. The SMILES string of the molecule is CCCSCC(COC)OCOCC. The van der Waals surface area contributed by atoms with Crippen LogP contribution < -0.4 is 0 Å². The summed E-state index contributed by atoms with van der Waals surface area (Å²) < 4.78 is 15.7. The monoisotopic (exact) mass is 222 g/mol. The van der Waals surface area contributed by atoms with Gasteiger partial charge in [-0.2, -0.15) is 11.8 Å². The molecule has 0 aliphatic carbocycles. The van der Waals surface area contributed by atoms with Gasteiger partial charge in [0.2, 0.25) is 0 Å². The molecule has 4 heteroatoms. The zero-order chi connectivity index (χ0) is 10.6. The van der Waals surface area contributed by atoms with E-state index in [2.05, 4.69) is 6.92 Å². The molecular formula is C10H22O3S. The number of ether oxygens (including phenoxy) is 3. The summed E-state index contributed by atoms with van der Waals surface area (Å²) in [6, 6.07) is 0. The van der Waals surface area contributed by atoms with Gasteiger partial charge in [0, 0.05) is 19.5 Å². The first-order valence-electron chi connectivity index (χ1n) is 5.11. The van der Waals surface area contributed by atoms with E-state index in [9.17, 15) is 0 Å². The van der Waals surface area contributed by atoms with Gasteiger partial charge in [-0.3, -0.25) is 0 Å².